The number of benzene rings is 1. The normalized spacial score (nSPS) is 13.2. The van der Waals surface area contributed by atoms with E-state index in [9.17, 15) is 5.11 Å². The van der Waals surface area contributed by atoms with Crippen LogP contribution < -0.4 is 4.74 Å². The lowest BCUT2D eigenvalue weighted by atomic mass is 9.94. The summed E-state index contributed by atoms with van der Waals surface area (Å²) in [6.45, 7) is 8.50. The van der Waals surface area contributed by atoms with Crippen LogP contribution in [0.4, 0.5) is 0 Å². The molecule has 0 aliphatic carbocycles. The number of rotatable bonds is 5. The maximum Gasteiger partial charge on any atom is 0.202 e. The average molecular weight is 252 g/mol. The molecule has 0 spiro atoms. The summed E-state index contributed by atoms with van der Waals surface area (Å²) in [5, 5.41) is 9.63. The van der Waals surface area contributed by atoms with E-state index in [1.807, 2.05) is 6.07 Å². The lowest BCUT2D eigenvalue weighted by molar-refractivity contribution is 0.00196. The van der Waals surface area contributed by atoms with Crippen molar-refractivity contribution in [3.63, 3.8) is 0 Å². The van der Waals surface area contributed by atoms with Crippen LogP contribution in [0.1, 0.15) is 50.7 Å². The molecular weight excluding hydrogens is 231 g/mol. The van der Waals surface area contributed by atoms with Gasteiger partial charge in [-0.05, 0) is 32.2 Å². The van der Waals surface area contributed by atoms with Gasteiger partial charge in [0.25, 0.3) is 0 Å². The van der Waals surface area contributed by atoms with E-state index in [0.717, 1.165) is 16.9 Å². The van der Waals surface area contributed by atoms with E-state index < -0.39 is 6.29 Å². The van der Waals surface area contributed by atoms with Gasteiger partial charge in [0, 0.05) is 6.16 Å². The van der Waals surface area contributed by atoms with Crippen LogP contribution in [-0.2, 0) is 0 Å². The van der Waals surface area contributed by atoms with Gasteiger partial charge in [-0.25, -0.2) is 0 Å². The van der Waals surface area contributed by atoms with Crippen molar-refractivity contribution >= 4 is 9.24 Å². The molecule has 2 nitrogen and oxygen atoms in total. The molecule has 0 heterocycles. The third-order valence-corrected chi connectivity index (χ3v) is 3.04. The van der Waals surface area contributed by atoms with Crippen LogP contribution in [0.25, 0.3) is 0 Å². The summed E-state index contributed by atoms with van der Waals surface area (Å²) in [6, 6.07) is 6.15. The molecule has 0 aliphatic heterocycles. The van der Waals surface area contributed by atoms with Gasteiger partial charge in [-0.2, -0.15) is 0 Å². The summed E-state index contributed by atoms with van der Waals surface area (Å²) >= 11 is 0. The number of ether oxygens (including phenoxy) is 1. The molecule has 1 aromatic carbocycles. The maximum absolute atomic E-state index is 9.63. The highest BCUT2D eigenvalue weighted by molar-refractivity contribution is 7.16. The van der Waals surface area contributed by atoms with Crippen LogP contribution in [0.3, 0.4) is 0 Å². The summed E-state index contributed by atoms with van der Waals surface area (Å²) in [5.74, 6) is 1.56. The minimum atomic E-state index is -0.851. The van der Waals surface area contributed by atoms with Crippen molar-refractivity contribution in [3.8, 4) is 5.75 Å². The van der Waals surface area contributed by atoms with Crippen LogP contribution in [0.15, 0.2) is 18.2 Å². The van der Waals surface area contributed by atoms with E-state index in [-0.39, 0.29) is 0 Å². The highest BCUT2D eigenvalue weighted by Crippen LogP contribution is 2.34. The first-order valence-electron chi connectivity index (χ1n) is 6.05. The fourth-order valence-electron chi connectivity index (χ4n) is 1.79. The number of hydrogen-bond acceptors (Lipinski definition) is 2. The Morgan fingerprint density at radius 1 is 1.12 bits per heavy atom. The molecule has 2 radical (unpaired) electrons. The molecule has 0 saturated carbocycles. The van der Waals surface area contributed by atoms with E-state index in [2.05, 4.69) is 49.1 Å². The van der Waals surface area contributed by atoms with Gasteiger partial charge in [-0.15, -0.1) is 0 Å². The van der Waals surface area contributed by atoms with Crippen LogP contribution in [0, 0.1) is 0 Å². The highest BCUT2D eigenvalue weighted by Gasteiger charge is 2.17. The predicted octanol–water partition coefficient (Wildman–Crippen LogP) is 4.04. The zero-order valence-electron chi connectivity index (χ0n) is 11.0. The van der Waals surface area contributed by atoms with Crippen molar-refractivity contribution in [1.82, 2.24) is 0 Å². The fraction of sp³-hybridized carbons (Fsp3) is 0.571. The largest absolute Gasteiger partial charge is 0.464 e. The van der Waals surface area contributed by atoms with Crippen LogP contribution in [0.5, 0.6) is 5.75 Å². The van der Waals surface area contributed by atoms with E-state index in [1.165, 1.54) is 0 Å². The van der Waals surface area contributed by atoms with Gasteiger partial charge >= 0.3 is 0 Å². The second kappa shape index (κ2) is 6.37. The second-order valence-corrected chi connectivity index (χ2v) is 5.20. The van der Waals surface area contributed by atoms with Gasteiger partial charge < -0.3 is 9.84 Å². The molecule has 0 aliphatic rings. The lowest BCUT2D eigenvalue weighted by Crippen LogP contribution is -2.19. The number of para-hydroxylation sites is 1. The Morgan fingerprint density at radius 3 is 1.94 bits per heavy atom. The molecule has 0 bridgehead atoms. The second-order valence-electron chi connectivity index (χ2n) is 4.83. The quantitative estimate of drug-likeness (QED) is 0.633. The first-order chi connectivity index (χ1) is 7.97. The molecule has 1 aromatic rings. The number of aliphatic hydroxyl groups is 1. The number of aliphatic hydroxyl groups excluding tert-OH is 1. The predicted molar refractivity (Wildman–Crippen MR) is 73.0 cm³/mol. The third-order valence-electron chi connectivity index (χ3n) is 2.73. The summed E-state index contributed by atoms with van der Waals surface area (Å²) < 4.78 is 5.63. The Kier molecular flexibility index (Phi) is 5.42. The molecule has 3 heteroatoms. The molecular formula is C14H21O2P. The molecule has 1 atom stereocenters. The topological polar surface area (TPSA) is 29.5 Å². The monoisotopic (exact) mass is 252 g/mol. The van der Waals surface area contributed by atoms with E-state index in [1.54, 1.807) is 0 Å². The van der Waals surface area contributed by atoms with E-state index in [4.69, 9.17) is 4.74 Å². The Hall–Kier alpha value is -0.590. The number of hydrogen-bond donors (Lipinski definition) is 1. The van der Waals surface area contributed by atoms with Crippen LogP contribution in [0.2, 0.25) is 0 Å². The third kappa shape index (κ3) is 3.69. The first-order valence-corrected chi connectivity index (χ1v) is 6.69. The van der Waals surface area contributed by atoms with Gasteiger partial charge in [-0.3, -0.25) is 0 Å². The summed E-state index contributed by atoms with van der Waals surface area (Å²) in [7, 11) is 4.04. The molecule has 0 fully saturated rings. The van der Waals surface area contributed by atoms with Gasteiger partial charge in [0.1, 0.15) is 5.75 Å². The van der Waals surface area contributed by atoms with Crippen molar-refractivity contribution in [2.45, 2.75) is 45.8 Å². The molecule has 1 N–H and O–H groups in total. The van der Waals surface area contributed by atoms with Crippen molar-refractivity contribution in [1.29, 1.82) is 0 Å². The zero-order valence-corrected chi connectivity index (χ0v) is 11.9. The Labute approximate surface area is 107 Å². The zero-order chi connectivity index (χ0) is 13.0. The SMILES string of the molecule is CC(C)c1cccc(C(C)C)c1OC(O)C[P]. The molecule has 1 unspecified atom stereocenters. The minimum Gasteiger partial charge on any atom is -0.464 e. The van der Waals surface area contributed by atoms with Crippen LogP contribution >= 0.6 is 9.24 Å². The average Bonchev–Trinajstić information content (AvgIpc) is 2.28. The van der Waals surface area contributed by atoms with Gasteiger partial charge in [-0.1, -0.05) is 45.9 Å². The summed E-state index contributed by atoms with van der Waals surface area (Å²) in [4.78, 5) is 0. The van der Waals surface area contributed by atoms with Crippen molar-refractivity contribution in [3.05, 3.63) is 29.3 Å². The van der Waals surface area contributed by atoms with Crippen LogP contribution in [-0.4, -0.2) is 17.6 Å². The fourth-order valence-corrected chi connectivity index (χ4v) is 1.87. The van der Waals surface area contributed by atoms with E-state index >= 15 is 0 Å². The highest BCUT2D eigenvalue weighted by atomic mass is 31.0. The molecule has 1 rings (SSSR count). The van der Waals surface area contributed by atoms with Gasteiger partial charge in [0.05, 0.1) is 0 Å². The van der Waals surface area contributed by atoms with E-state index in [0.29, 0.717) is 18.0 Å². The van der Waals surface area contributed by atoms with Crippen molar-refractivity contribution in [2.75, 3.05) is 6.16 Å². The molecule has 17 heavy (non-hydrogen) atoms. The van der Waals surface area contributed by atoms with Gasteiger partial charge in [0.2, 0.25) is 6.29 Å². The Morgan fingerprint density at radius 2 is 1.59 bits per heavy atom. The minimum absolute atomic E-state index is 0.296. The molecule has 0 saturated heterocycles. The summed E-state index contributed by atoms with van der Waals surface area (Å²) in [6.07, 6.45) is -0.556. The van der Waals surface area contributed by atoms with Crippen molar-refractivity contribution < 1.29 is 9.84 Å². The Bertz CT molecular complexity index is 335. The molecule has 94 valence electrons. The summed E-state index contributed by atoms with van der Waals surface area (Å²) in [5.41, 5.74) is 2.27. The first kappa shape index (κ1) is 14.5. The van der Waals surface area contributed by atoms with Gasteiger partial charge in [0.15, 0.2) is 0 Å². The standard InChI is InChI=1S/C14H21O2P/c1-9(2)11-6-5-7-12(10(3)4)14(11)16-13(15)8-17/h5-7,9-10,13,15H,8H2,1-4H3. The Balaban J connectivity index is 3.18. The molecule has 0 amide bonds. The lowest BCUT2D eigenvalue weighted by Gasteiger charge is -2.21. The maximum atomic E-state index is 9.63. The molecule has 0 aromatic heterocycles. The van der Waals surface area contributed by atoms with Crippen molar-refractivity contribution in [2.24, 2.45) is 0 Å². The smallest absolute Gasteiger partial charge is 0.202 e.